The van der Waals surface area contributed by atoms with Gasteiger partial charge in [0.05, 0.1) is 19.8 Å². The number of fused-ring (bicyclic) bond motifs is 1. The Morgan fingerprint density at radius 3 is 2.69 bits per heavy atom. The molecule has 2 aliphatic heterocycles. The van der Waals surface area contributed by atoms with Crippen molar-refractivity contribution in [2.24, 2.45) is 0 Å². The number of rotatable bonds is 5. The van der Waals surface area contributed by atoms with Crippen LogP contribution in [-0.4, -0.2) is 43.2 Å². The Morgan fingerprint density at radius 2 is 1.90 bits per heavy atom. The number of halogens is 1. The lowest BCUT2D eigenvalue weighted by atomic mass is 9.91. The van der Waals surface area contributed by atoms with Gasteiger partial charge in [0.25, 0.3) is 5.91 Å². The fraction of sp³-hybridized carbons (Fsp3) is 0.333. The molecule has 2 aromatic rings. The van der Waals surface area contributed by atoms with E-state index < -0.39 is 23.3 Å². The summed E-state index contributed by atoms with van der Waals surface area (Å²) in [6.45, 7) is 2.71. The number of para-hydroxylation sites is 1. The van der Waals surface area contributed by atoms with E-state index >= 15 is 0 Å². The predicted octanol–water partition coefficient (Wildman–Crippen LogP) is 2.83. The van der Waals surface area contributed by atoms with E-state index in [1.807, 2.05) is 0 Å². The van der Waals surface area contributed by atoms with Crippen molar-refractivity contribution in [2.45, 2.75) is 18.9 Å². The van der Waals surface area contributed by atoms with E-state index in [0.717, 1.165) is 11.3 Å². The Hall–Kier alpha value is -3.29. The fourth-order valence-corrected chi connectivity index (χ4v) is 3.38. The van der Waals surface area contributed by atoms with Crippen LogP contribution in [0.4, 0.5) is 9.18 Å². The highest BCUT2D eigenvalue weighted by atomic mass is 19.1. The van der Waals surface area contributed by atoms with E-state index in [0.29, 0.717) is 30.3 Å². The first-order valence-corrected chi connectivity index (χ1v) is 9.40. The van der Waals surface area contributed by atoms with Crippen molar-refractivity contribution in [3.05, 3.63) is 53.8 Å². The van der Waals surface area contributed by atoms with Gasteiger partial charge in [-0.15, -0.1) is 0 Å². The molecule has 1 N–H and O–H groups in total. The maximum atomic E-state index is 13.6. The van der Waals surface area contributed by atoms with Crippen LogP contribution >= 0.6 is 0 Å². The lowest BCUT2D eigenvalue weighted by molar-refractivity contribution is -0.131. The zero-order valence-electron chi connectivity index (χ0n) is 15.9. The van der Waals surface area contributed by atoms with Crippen LogP contribution in [0.3, 0.4) is 0 Å². The summed E-state index contributed by atoms with van der Waals surface area (Å²) in [7, 11) is 0. The Bertz CT molecular complexity index is 950. The van der Waals surface area contributed by atoms with E-state index in [4.69, 9.17) is 14.2 Å². The van der Waals surface area contributed by atoms with Gasteiger partial charge in [-0.05, 0) is 36.8 Å². The largest absolute Gasteiger partial charge is 0.490 e. The molecule has 29 heavy (non-hydrogen) atoms. The van der Waals surface area contributed by atoms with Gasteiger partial charge in [-0.2, -0.15) is 0 Å². The summed E-state index contributed by atoms with van der Waals surface area (Å²) in [5.74, 6) is 0.326. The Balaban J connectivity index is 1.48. The highest BCUT2D eigenvalue weighted by Crippen LogP contribution is 2.36. The van der Waals surface area contributed by atoms with Crippen LogP contribution in [0.15, 0.2) is 42.5 Å². The number of hydrogen-bond donors (Lipinski definition) is 1. The molecule has 1 fully saturated rings. The first-order chi connectivity index (χ1) is 14.0. The van der Waals surface area contributed by atoms with Crippen molar-refractivity contribution in [3.63, 3.8) is 0 Å². The van der Waals surface area contributed by atoms with E-state index in [-0.39, 0.29) is 18.9 Å². The normalized spacial score (nSPS) is 21.0. The number of imide groups is 1. The maximum absolute atomic E-state index is 13.6. The van der Waals surface area contributed by atoms with E-state index in [1.54, 1.807) is 37.3 Å². The van der Waals surface area contributed by atoms with E-state index in [9.17, 15) is 14.0 Å². The van der Waals surface area contributed by atoms with Crippen molar-refractivity contribution in [2.75, 3.05) is 26.4 Å². The molecule has 2 aliphatic rings. The molecule has 0 unspecified atom stereocenters. The fourth-order valence-electron chi connectivity index (χ4n) is 3.38. The molecule has 0 radical (unpaired) electrons. The lowest BCUT2D eigenvalue weighted by Crippen LogP contribution is -2.41. The van der Waals surface area contributed by atoms with Crippen molar-refractivity contribution in [3.8, 4) is 17.2 Å². The molecule has 1 saturated heterocycles. The van der Waals surface area contributed by atoms with Crippen LogP contribution in [0, 0.1) is 5.82 Å². The minimum atomic E-state index is -1.24. The molecule has 0 saturated carbocycles. The molecule has 1 atom stereocenters. The molecule has 0 aromatic heterocycles. The summed E-state index contributed by atoms with van der Waals surface area (Å²) in [6.07, 6.45) is 0.771. The summed E-state index contributed by atoms with van der Waals surface area (Å²) in [6, 6.07) is 10.6. The molecule has 0 bridgehead atoms. The molecule has 3 amide bonds. The number of carbonyl (C=O) groups excluding carboxylic acids is 2. The van der Waals surface area contributed by atoms with Crippen molar-refractivity contribution in [1.82, 2.24) is 10.2 Å². The van der Waals surface area contributed by atoms with Crippen LogP contribution in [0.25, 0.3) is 0 Å². The topological polar surface area (TPSA) is 77.1 Å². The van der Waals surface area contributed by atoms with Gasteiger partial charge >= 0.3 is 6.03 Å². The zero-order valence-corrected chi connectivity index (χ0v) is 15.9. The minimum Gasteiger partial charge on any atom is -0.490 e. The highest BCUT2D eigenvalue weighted by molar-refractivity contribution is 6.07. The summed E-state index contributed by atoms with van der Waals surface area (Å²) in [5.41, 5.74) is -0.641. The summed E-state index contributed by atoms with van der Waals surface area (Å²) < 4.78 is 30.3. The number of benzene rings is 2. The van der Waals surface area contributed by atoms with Gasteiger partial charge in [-0.1, -0.05) is 18.2 Å². The highest BCUT2D eigenvalue weighted by Gasteiger charge is 2.49. The van der Waals surface area contributed by atoms with Crippen LogP contribution < -0.4 is 19.5 Å². The van der Waals surface area contributed by atoms with Crippen LogP contribution in [-0.2, 0) is 10.3 Å². The van der Waals surface area contributed by atoms with Crippen LogP contribution in [0.2, 0.25) is 0 Å². The molecule has 7 nitrogen and oxygen atoms in total. The number of nitrogens with zero attached hydrogens (tertiary/aromatic N) is 1. The third-order valence-electron chi connectivity index (χ3n) is 5.01. The van der Waals surface area contributed by atoms with Crippen molar-refractivity contribution in [1.29, 1.82) is 0 Å². The van der Waals surface area contributed by atoms with Gasteiger partial charge in [0.15, 0.2) is 23.1 Å². The van der Waals surface area contributed by atoms with Gasteiger partial charge in [0, 0.05) is 6.42 Å². The molecular weight excluding hydrogens is 379 g/mol. The minimum absolute atomic E-state index is 0.000850. The molecule has 8 heteroatoms. The van der Waals surface area contributed by atoms with Gasteiger partial charge < -0.3 is 19.5 Å². The maximum Gasteiger partial charge on any atom is 0.325 e. The second kappa shape index (κ2) is 7.62. The second-order valence-corrected chi connectivity index (χ2v) is 7.00. The molecule has 0 spiro atoms. The van der Waals surface area contributed by atoms with E-state index in [1.165, 1.54) is 12.1 Å². The van der Waals surface area contributed by atoms with Gasteiger partial charge in [-0.25, -0.2) is 9.18 Å². The second-order valence-electron chi connectivity index (χ2n) is 7.00. The third-order valence-corrected chi connectivity index (χ3v) is 5.01. The number of urea groups is 1. The number of ether oxygens (including phenoxy) is 3. The Labute approximate surface area is 167 Å². The van der Waals surface area contributed by atoms with Gasteiger partial charge in [0.2, 0.25) is 0 Å². The quantitative estimate of drug-likeness (QED) is 0.781. The zero-order chi connectivity index (χ0) is 20.4. The smallest absolute Gasteiger partial charge is 0.325 e. The number of amides is 3. The van der Waals surface area contributed by atoms with Crippen molar-refractivity contribution < 1.29 is 28.2 Å². The standard InChI is InChI=1S/C21H21FN2O5/c1-21(14-7-8-17-18(13-14)28-11-4-10-27-17)19(25)24(20(26)23-21)9-12-29-16-6-3-2-5-15(16)22/h2-3,5-8,13H,4,9-12H2,1H3,(H,23,26)/t21-/m1/s1. The lowest BCUT2D eigenvalue weighted by Gasteiger charge is -2.23. The number of nitrogens with one attached hydrogen (secondary N) is 1. The first-order valence-electron chi connectivity index (χ1n) is 9.40. The molecular formula is C21H21FN2O5. The molecule has 2 heterocycles. The number of carbonyl (C=O) groups is 2. The summed E-state index contributed by atoms with van der Waals surface area (Å²) >= 11 is 0. The monoisotopic (exact) mass is 400 g/mol. The average molecular weight is 400 g/mol. The molecule has 0 aliphatic carbocycles. The first kappa shape index (κ1) is 19.0. The average Bonchev–Trinajstić information content (AvgIpc) is 2.87. The Morgan fingerprint density at radius 1 is 1.14 bits per heavy atom. The van der Waals surface area contributed by atoms with Crippen molar-refractivity contribution >= 4 is 11.9 Å². The predicted molar refractivity (Wildman–Crippen MR) is 102 cm³/mol. The SMILES string of the molecule is C[C@]1(c2ccc3c(c2)OCCCO3)NC(=O)N(CCOc2ccccc2F)C1=O. The van der Waals surface area contributed by atoms with Gasteiger partial charge in [-0.3, -0.25) is 9.69 Å². The summed E-state index contributed by atoms with van der Waals surface area (Å²) in [5, 5.41) is 2.74. The molecule has 152 valence electrons. The van der Waals surface area contributed by atoms with Crippen LogP contribution in [0.5, 0.6) is 17.2 Å². The van der Waals surface area contributed by atoms with Crippen LogP contribution in [0.1, 0.15) is 18.9 Å². The summed E-state index contributed by atoms with van der Waals surface area (Å²) in [4.78, 5) is 26.5. The van der Waals surface area contributed by atoms with Gasteiger partial charge in [0.1, 0.15) is 12.1 Å². The molecule has 4 rings (SSSR count). The number of hydrogen-bond acceptors (Lipinski definition) is 5. The third kappa shape index (κ3) is 3.57. The Kier molecular flexibility index (Phi) is 5.00. The van der Waals surface area contributed by atoms with E-state index in [2.05, 4.69) is 5.32 Å². The molecule has 2 aromatic carbocycles.